The van der Waals surface area contributed by atoms with Crippen LogP contribution in [0.25, 0.3) is 0 Å². The number of hydrogen-bond donors (Lipinski definition) is 0. The van der Waals surface area contributed by atoms with Gasteiger partial charge < -0.3 is 27.9 Å². The maximum absolute atomic E-state index is 11.0. The Morgan fingerprint density at radius 2 is 0.741 bits per heavy atom. The SMILES string of the molecule is CCCCOP(=O)([O-])OCCCC.CCCCOP(=O)([O-])OCCCC.[Sn+2]. The fourth-order valence-electron chi connectivity index (χ4n) is 1.36. The first-order valence-corrected chi connectivity index (χ1v) is 12.4. The summed E-state index contributed by atoms with van der Waals surface area (Å²) in [5.41, 5.74) is 0. The van der Waals surface area contributed by atoms with Crippen molar-refractivity contribution in [2.45, 2.75) is 79.1 Å². The average molecular weight is 537 g/mol. The van der Waals surface area contributed by atoms with Crippen molar-refractivity contribution in [1.29, 1.82) is 0 Å². The van der Waals surface area contributed by atoms with Gasteiger partial charge in [-0.3, -0.25) is 9.13 Å². The Balaban J connectivity index is -0.000000411. The summed E-state index contributed by atoms with van der Waals surface area (Å²) in [5, 5.41) is 0. The van der Waals surface area contributed by atoms with Crippen molar-refractivity contribution in [2.24, 2.45) is 0 Å². The summed E-state index contributed by atoms with van der Waals surface area (Å²) in [4.78, 5) is 21.9. The van der Waals surface area contributed by atoms with Crippen molar-refractivity contribution in [3.8, 4) is 0 Å². The Labute approximate surface area is 181 Å². The summed E-state index contributed by atoms with van der Waals surface area (Å²) in [6, 6.07) is 0. The number of rotatable bonds is 16. The molecule has 27 heavy (non-hydrogen) atoms. The van der Waals surface area contributed by atoms with Gasteiger partial charge in [0.15, 0.2) is 0 Å². The number of unbranched alkanes of at least 4 members (excludes halogenated alkanes) is 4. The summed E-state index contributed by atoms with van der Waals surface area (Å²) >= 11 is 0. The minimum Gasteiger partial charge on any atom is -0.756 e. The van der Waals surface area contributed by atoms with E-state index in [0.717, 1.165) is 51.4 Å². The maximum atomic E-state index is 11.0. The van der Waals surface area contributed by atoms with E-state index in [4.69, 9.17) is 0 Å². The van der Waals surface area contributed by atoms with Gasteiger partial charge in [-0.1, -0.05) is 53.4 Å². The van der Waals surface area contributed by atoms with Gasteiger partial charge in [-0.2, -0.15) is 0 Å². The second-order valence-electron chi connectivity index (χ2n) is 5.64. The van der Waals surface area contributed by atoms with Crippen molar-refractivity contribution in [2.75, 3.05) is 26.4 Å². The van der Waals surface area contributed by atoms with Crippen LogP contribution in [-0.2, 0) is 27.2 Å². The van der Waals surface area contributed by atoms with Crippen LogP contribution in [0.5, 0.6) is 0 Å². The third-order valence-corrected chi connectivity index (χ3v) is 4.98. The normalized spacial score (nSPS) is 11.5. The fraction of sp³-hybridized carbons (Fsp3) is 1.00. The molecule has 0 aromatic carbocycles. The molecule has 0 atom stereocenters. The van der Waals surface area contributed by atoms with Gasteiger partial charge in [0.05, 0.1) is 26.4 Å². The zero-order valence-electron chi connectivity index (χ0n) is 17.1. The second-order valence-corrected chi connectivity index (χ2v) is 8.46. The van der Waals surface area contributed by atoms with Crippen molar-refractivity contribution in [3.05, 3.63) is 0 Å². The van der Waals surface area contributed by atoms with Crippen LogP contribution in [0, 0.1) is 0 Å². The zero-order chi connectivity index (χ0) is 20.3. The molecule has 0 aliphatic heterocycles. The van der Waals surface area contributed by atoms with Gasteiger partial charge in [0.25, 0.3) is 15.6 Å². The Morgan fingerprint density at radius 1 is 0.556 bits per heavy atom. The van der Waals surface area contributed by atoms with Gasteiger partial charge in [0, 0.05) is 0 Å². The standard InChI is InChI=1S/2C8H19O4P.Sn/c2*1-3-5-7-11-13(9,10)12-8-6-4-2;/h2*3-8H2,1-2H3,(H,9,10);/q;;+2/p-2. The van der Waals surface area contributed by atoms with Crippen molar-refractivity contribution < 1.29 is 37.0 Å². The molecule has 0 aromatic heterocycles. The molecule has 0 aliphatic carbocycles. The molecule has 0 bridgehead atoms. The van der Waals surface area contributed by atoms with Gasteiger partial charge in [-0.05, 0) is 25.7 Å². The molecule has 0 heterocycles. The molecule has 2 radical (unpaired) electrons. The van der Waals surface area contributed by atoms with Crippen LogP contribution >= 0.6 is 15.6 Å². The smallest absolute Gasteiger partial charge is 0.756 e. The van der Waals surface area contributed by atoms with Crippen LogP contribution in [0.4, 0.5) is 0 Å². The molecule has 0 spiro atoms. The Kier molecular flexibility index (Phi) is 26.3. The first kappa shape index (κ1) is 32.7. The Hall–Kier alpha value is 1.02. The zero-order valence-corrected chi connectivity index (χ0v) is 21.8. The minimum atomic E-state index is -4.00. The van der Waals surface area contributed by atoms with E-state index in [0.29, 0.717) is 0 Å². The molecule has 162 valence electrons. The number of phosphoric ester groups is 2. The quantitative estimate of drug-likeness (QED) is 0.166. The summed E-state index contributed by atoms with van der Waals surface area (Å²) in [7, 11) is -8.00. The van der Waals surface area contributed by atoms with Crippen LogP contribution in [0.1, 0.15) is 79.1 Å². The molecule has 0 saturated heterocycles. The predicted octanol–water partition coefficient (Wildman–Crippen LogP) is 3.80. The van der Waals surface area contributed by atoms with E-state index in [-0.39, 0.29) is 50.3 Å². The number of hydrogen-bond acceptors (Lipinski definition) is 8. The minimum absolute atomic E-state index is 0. The maximum Gasteiger partial charge on any atom is 2.00 e. The van der Waals surface area contributed by atoms with E-state index in [9.17, 15) is 18.9 Å². The van der Waals surface area contributed by atoms with Crippen LogP contribution < -0.4 is 9.79 Å². The summed E-state index contributed by atoms with van der Waals surface area (Å²) < 4.78 is 40.3. The molecule has 0 aliphatic rings. The van der Waals surface area contributed by atoms with E-state index < -0.39 is 15.6 Å². The number of phosphoric acid groups is 2. The van der Waals surface area contributed by atoms with Crippen LogP contribution in [0.3, 0.4) is 0 Å². The molecule has 8 nitrogen and oxygen atoms in total. The summed E-state index contributed by atoms with van der Waals surface area (Å²) in [6.07, 6.45) is 6.60. The average Bonchev–Trinajstić information content (AvgIpc) is 2.56. The van der Waals surface area contributed by atoms with E-state index in [1.54, 1.807) is 0 Å². The Bertz CT molecular complexity index is 335. The van der Waals surface area contributed by atoms with Crippen molar-refractivity contribution >= 4 is 39.6 Å². The van der Waals surface area contributed by atoms with Gasteiger partial charge in [0.1, 0.15) is 0 Å². The molecular formula is C16H36O8P2Sn. The molecule has 0 saturated carbocycles. The fourth-order valence-corrected chi connectivity index (χ4v) is 2.92. The van der Waals surface area contributed by atoms with Gasteiger partial charge in [0.2, 0.25) is 0 Å². The van der Waals surface area contributed by atoms with Gasteiger partial charge >= 0.3 is 23.9 Å². The third-order valence-electron chi connectivity index (χ3n) is 2.99. The van der Waals surface area contributed by atoms with Crippen LogP contribution in [0.2, 0.25) is 0 Å². The molecule has 11 heteroatoms. The van der Waals surface area contributed by atoms with Crippen molar-refractivity contribution in [3.63, 3.8) is 0 Å². The largest absolute Gasteiger partial charge is 2.00 e. The third kappa shape index (κ3) is 27.0. The van der Waals surface area contributed by atoms with Crippen molar-refractivity contribution in [1.82, 2.24) is 0 Å². The van der Waals surface area contributed by atoms with Gasteiger partial charge in [-0.25, -0.2) is 0 Å². The first-order chi connectivity index (χ1) is 12.2. The van der Waals surface area contributed by atoms with Crippen LogP contribution in [0.15, 0.2) is 0 Å². The van der Waals surface area contributed by atoms with E-state index in [1.165, 1.54) is 0 Å². The Morgan fingerprint density at radius 3 is 0.889 bits per heavy atom. The molecular weight excluding hydrogens is 501 g/mol. The van der Waals surface area contributed by atoms with E-state index in [1.807, 2.05) is 27.7 Å². The molecule has 0 unspecified atom stereocenters. The molecule has 0 fully saturated rings. The molecule has 0 aromatic rings. The van der Waals surface area contributed by atoms with E-state index >= 15 is 0 Å². The van der Waals surface area contributed by atoms with Gasteiger partial charge in [-0.15, -0.1) is 0 Å². The topological polar surface area (TPSA) is 117 Å². The monoisotopic (exact) mass is 538 g/mol. The van der Waals surface area contributed by atoms with Crippen LogP contribution in [-0.4, -0.2) is 50.3 Å². The predicted molar refractivity (Wildman–Crippen MR) is 104 cm³/mol. The second kappa shape index (κ2) is 21.7. The molecule has 0 rings (SSSR count). The van der Waals surface area contributed by atoms with E-state index in [2.05, 4.69) is 18.1 Å². The molecule has 0 N–H and O–H groups in total. The summed E-state index contributed by atoms with van der Waals surface area (Å²) in [6.45, 7) is 8.78. The molecule has 0 amide bonds. The first-order valence-electron chi connectivity index (χ1n) is 9.44. The summed E-state index contributed by atoms with van der Waals surface area (Å²) in [5.74, 6) is 0.